The molecule has 0 saturated carbocycles. The lowest BCUT2D eigenvalue weighted by molar-refractivity contribution is -0.125. The van der Waals surface area contributed by atoms with Gasteiger partial charge in [-0.3, -0.25) is 4.79 Å². The Labute approximate surface area is 249 Å². The van der Waals surface area contributed by atoms with Crippen LogP contribution in [0.4, 0.5) is 0 Å². The third-order valence-electron chi connectivity index (χ3n) is 7.80. The highest BCUT2D eigenvalue weighted by atomic mass is 32.2. The van der Waals surface area contributed by atoms with Crippen LogP contribution in [0.5, 0.6) is 0 Å². The zero-order valence-electron chi connectivity index (χ0n) is 24.4. The molecule has 226 valence electrons. The molecule has 0 spiro atoms. The van der Waals surface area contributed by atoms with Gasteiger partial charge in [0.05, 0.1) is 29.2 Å². The normalized spacial score (nSPS) is 19.0. The third-order valence-corrected chi connectivity index (χ3v) is 9.65. The van der Waals surface area contributed by atoms with Crippen LogP contribution < -0.4 is 5.32 Å². The SMILES string of the molecule is Cc1ccc(S(=O)(=O)N(CC(C)C)C[C@@H](O)[C@@H](O)[C@H](CC(=O)N[C@H]2c3ccccc3C[C@H]2O)Cc2ccccc2)cc1. The van der Waals surface area contributed by atoms with Crippen molar-refractivity contribution in [2.24, 2.45) is 11.8 Å². The molecule has 0 aliphatic heterocycles. The lowest BCUT2D eigenvalue weighted by atomic mass is 9.87. The van der Waals surface area contributed by atoms with Crippen molar-refractivity contribution >= 4 is 15.9 Å². The average molecular weight is 595 g/mol. The minimum atomic E-state index is -3.94. The second kappa shape index (κ2) is 13.9. The number of carbonyl (C=O) groups is 1. The molecule has 0 radical (unpaired) electrons. The molecule has 9 heteroatoms. The maximum Gasteiger partial charge on any atom is 0.243 e. The molecule has 8 nitrogen and oxygen atoms in total. The molecular formula is C33H42N2O6S. The largest absolute Gasteiger partial charge is 0.390 e. The predicted octanol–water partition coefficient (Wildman–Crippen LogP) is 3.39. The minimum Gasteiger partial charge on any atom is -0.390 e. The van der Waals surface area contributed by atoms with Gasteiger partial charge in [-0.2, -0.15) is 4.31 Å². The standard InChI is InChI=1S/C33H42N2O6S/c1-22(2)20-35(42(40,41)27-15-13-23(3)14-16-27)21-30(37)33(39)26(17-24-9-5-4-6-10-24)19-31(38)34-32-28-12-8-7-11-25(28)18-29(32)36/h4-16,22,26,29-30,32-33,36-37,39H,17-21H2,1-3H3,(H,34,38)/t26-,29+,30+,32-,33-/m0/s1. The fraction of sp³-hybridized carbons (Fsp3) is 0.424. The van der Waals surface area contributed by atoms with Crippen LogP contribution in [-0.4, -0.2) is 65.4 Å². The summed E-state index contributed by atoms with van der Waals surface area (Å²) < 4.78 is 28.3. The molecule has 0 unspecified atom stereocenters. The first-order chi connectivity index (χ1) is 20.0. The molecule has 3 aromatic rings. The quantitative estimate of drug-likeness (QED) is 0.240. The van der Waals surface area contributed by atoms with E-state index >= 15 is 0 Å². The summed E-state index contributed by atoms with van der Waals surface area (Å²) in [5.41, 5.74) is 3.64. The lowest BCUT2D eigenvalue weighted by Gasteiger charge is -2.32. The summed E-state index contributed by atoms with van der Waals surface area (Å²) in [5.74, 6) is -1.10. The second-order valence-electron chi connectivity index (χ2n) is 11.8. The van der Waals surface area contributed by atoms with E-state index in [-0.39, 0.29) is 36.2 Å². The van der Waals surface area contributed by atoms with Gasteiger partial charge in [-0.15, -0.1) is 0 Å². The first-order valence-electron chi connectivity index (χ1n) is 14.5. The zero-order chi connectivity index (χ0) is 30.4. The van der Waals surface area contributed by atoms with E-state index in [4.69, 9.17) is 0 Å². The van der Waals surface area contributed by atoms with Crippen molar-refractivity contribution in [3.8, 4) is 0 Å². The number of rotatable bonds is 13. The minimum absolute atomic E-state index is 0.0267. The molecule has 3 aromatic carbocycles. The number of aryl methyl sites for hydroxylation is 1. The molecular weight excluding hydrogens is 552 g/mol. The molecule has 4 rings (SSSR count). The Bertz CT molecular complexity index is 1430. The van der Waals surface area contributed by atoms with Gasteiger partial charge in [0, 0.05) is 31.8 Å². The summed E-state index contributed by atoms with van der Waals surface area (Å²) in [5, 5.41) is 36.2. The Morgan fingerprint density at radius 2 is 1.60 bits per heavy atom. The highest BCUT2D eigenvalue weighted by Gasteiger charge is 2.36. The number of hydrogen-bond donors (Lipinski definition) is 4. The maximum absolute atomic E-state index is 13.5. The highest BCUT2D eigenvalue weighted by Crippen LogP contribution is 2.32. The number of carbonyl (C=O) groups excluding carboxylic acids is 1. The van der Waals surface area contributed by atoms with Gasteiger partial charge in [-0.1, -0.05) is 86.1 Å². The number of nitrogens with zero attached hydrogens (tertiary/aromatic N) is 1. The fourth-order valence-corrected chi connectivity index (χ4v) is 7.24. The molecule has 1 aliphatic carbocycles. The lowest BCUT2D eigenvalue weighted by Crippen LogP contribution is -2.47. The maximum atomic E-state index is 13.5. The van der Waals surface area contributed by atoms with Gasteiger partial charge < -0.3 is 20.6 Å². The molecule has 42 heavy (non-hydrogen) atoms. The van der Waals surface area contributed by atoms with Crippen LogP contribution in [0.3, 0.4) is 0 Å². The number of aliphatic hydroxyl groups is 3. The van der Waals surface area contributed by atoms with E-state index in [1.165, 1.54) is 4.31 Å². The van der Waals surface area contributed by atoms with E-state index in [1.807, 2.05) is 75.4 Å². The average Bonchev–Trinajstić information content (AvgIpc) is 3.26. The number of benzene rings is 3. The van der Waals surface area contributed by atoms with E-state index in [2.05, 4.69) is 5.32 Å². The molecule has 0 heterocycles. The Hall–Kier alpha value is -3.08. The summed E-state index contributed by atoms with van der Waals surface area (Å²) in [4.78, 5) is 13.4. The Balaban J connectivity index is 1.53. The summed E-state index contributed by atoms with van der Waals surface area (Å²) in [6.07, 6.45) is -2.97. The van der Waals surface area contributed by atoms with Gasteiger partial charge in [-0.05, 0) is 48.1 Å². The van der Waals surface area contributed by atoms with Gasteiger partial charge in [0.15, 0.2) is 0 Å². The van der Waals surface area contributed by atoms with E-state index in [0.29, 0.717) is 12.8 Å². The van der Waals surface area contributed by atoms with E-state index < -0.39 is 40.3 Å². The molecule has 1 aliphatic rings. The van der Waals surface area contributed by atoms with Crippen LogP contribution in [0, 0.1) is 18.8 Å². The second-order valence-corrected chi connectivity index (χ2v) is 13.7. The number of hydrogen-bond acceptors (Lipinski definition) is 6. The number of aliphatic hydroxyl groups excluding tert-OH is 3. The van der Waals surface area contributed by atoms with Crippen LogP contribution in [0.1, 0.15) is 48.6 Å². The Morgan fingerprint density at radius 3 is 2.26 bits per heavy atom. The van der Waals surface area contributed by atoms with Crippen molar-refractivity contribution in [2.45, 2.75) is 69.3 Å². The molecule has 0 fully saturated rings. The first-order valence-corrected chi connectivity index (χ1v) is 15.9. The van der Waals surface area contributed by atoms with Crippen molar-refractivity contribution < 1.29 is 28.5 Å². The smallest absolute Gasteiger partial charge is 0.243 e. The highest BCUT2D eigenvalue weighted by molar-refractivity contribution is 7.89. The first kappa shape index (κ1) is 31.8. The Kier molecular flexibility index (Phi) is 10.6. The summed E-state index contributed by atoms with van der Waals surface area (Å²) >= 11 is 0. The summed E-state index contributed by atoms with van der Waals surface area (Å²) in [6, 6.07) is 22.9. The van der Waals surface area contributed by atoms with E-state index in [0.717, 1.165) is 22.3 Å². The number of fused-ring (bicyclic) bond motifs is 1. The molecule has 0 aromatic heterocycles. The Morgan fingerprint density at radius 1 is 0.952 bits per heavy atom. The van der Waals surface area contributed by atoms with Crippen molar-refractivity contribution in [3.05, 3.63) is 101 Å². The van der Waals surface area contributed by atoms with Crippen molar-refractivity contribution in [3.63, 3.8) is 0 Å². The van der Waals surface area contributed by atoms with Gasteiger partial charge in [0.25, 0.3) is 0 Å². The van der Waals surface area contributed by atoms with Crippen molar-refractivity contribution in [2.75, 3.05) is 13.1 Å². The topological polar surface area (TPSA) is 127 Å². The van der Waals surface area contributed by atoms with Gasteiger partial charge in [0.1, 0.15) is 0 Å². The molecule has 4 N–H and O–H groups in total. The van der Waals surface area contributed by atoms with Crippen LogP contribution in [-0.2, 0) is 27.7 Å². The van der Waals surface area contributed by atoms with Crippen LogP contribution in [0.25, 0.3) is 0 Å². The zero-order valence-corrected chi connectivity index (χ0v) is 25.2. The summed E-state index contributed by atoms with van der Waals surface area (Å²) in [7, 11) is -3.94. The molecule has 0 saturated heterocycles. The van der Waals surface area contributed by atoms with E-state index in [1.54, 1.807) is 24.3 Å². The molecule has 1 amide bonds. The van der Waals surface area contributed by atoms with Crippen LogP contribution >= 0.6 is 0 Å². The third kappa shape index (κ3) is 7.85. The monoisotopic (exact) mass is 594 g/mol. The van der Waals surface area contributed by atoms with Gasteiger partial charge >= 0.3 is 0 Å². The predicted molar refractivity (Wildman–Crippen MR) is 162 cm³/mol. The van der Waals surface area contributed by atoms with Crippen LogP contribution in [0.2, 0.25) is 0 Å². The fourth-order valence-electron chi connectivity index (χ4n) is 5.62. The van der Waals surface area contributed by atoms with Gasteiger partial charge in [-0.25, -0.2) is 8.42 Å². The van der Waals surface area contributed by atoms with Crippen molar-refractivity contribution in [1.29, 1.82) is 0 Å². The number of nitrogens with one attached hydrogen (secondary N) is 1. The molecule has 5 atom stereocenters. The van der Waals surface area contributed by atoms with Crippen LogP contribution in [0.15, 0.2) is 83.8 Å². The number of sulfonamides is 1. The summed E-state index contributed by atoms with van der Waals surface area (Å²) in [6.45, 7) is 5.48. The van der Waals surface area contributed by atoms with Gasteiger partial charge in [0.2, 0.25) is 15.9 Å². The van der Waals surface area contributed by atoms with E-state index in [9.17, 15) is 28.5 Å². The molecule has 0 bridgehead atoms. The number of amides is 1. The van der Waals surface area contributed by atoms with Crippen molar-refractivity contribution in [1.82, 2.24) is 9.62 Å².